The lowest BCUT2D eigenvalue weighted by Gasteiger charge is -2.09. The molecule has 0 saturated heterocycles. The Morgan fingerprint density at radius 3 is 2.70 bits per heavy atom. The molecule has 20 heavy (non-hydrogen) atoms. The van der Waals surface area contributed by atoms with Gasteiger partial charge in [-0.25, -0.2) is 9.97 Å². The van der Waals surface area contributed by atoms with E-state index in [1.54, 1.807) is 0 Å². The maximum Gasteiger partial charge on any atom is 0.231 e. The zero-order chi connectivity index (χ0) is 13.9. The van der Waals surface area contributed by atoms with E-state index < -0.39 is 0 Å². The highest BCUT2D eigenvalue weighted by Crippen LogP contribution is 2.35. The van der Waals surface area contributed by atoms with Crippen molar-refractivity contribution in [3.8, 4) is 11.5 Å². The zero-order valence-electron chi connectivity index (χ0n) is 11.1. The van der Waals surface area contributed by atoms with Gasteiger partial charge in [0.05, 0.1) is 0 Å². The molecule has 104 valence electrons. The molecule has 0 aliphatic carbocycles. The van der Waals surface area contributed by atoms with E-state index in [1.807, 2.05) is 37.6 Å². The predicted octanol–water partition coefficient (Wildman–Crippen LogP) is 2.71. The Morgan fingerprint density at radius 2 is 1.90 bits per heavy atom. The van der Waals surface area contributed by atoms with E-state index in [1.165, 1.54) is 11.8 Å². The summed E-state index contributed by atoms with van der Waals surface area (Å²) in [6.07, 6.45) is 1.94. The molecule has 0 radical (unpaired) electrons. The highest BCUT2D eigenvalue weighted by molar-refractivity contribution is 7.98. The topological polar surface area (TPSA) is 68.3 Å². The molecule has 2 aromatic rings. The number of hydrogen-bond acceptors (Lipinski definition) is 7. The summed E-state index contributed by atoms with van der Waals surface area (Å²) in [5, 5.41) is 6.97. The van der Waals surface area contributed by atoms with Crippen LogP contribution in [0.5, 0.6) is 11.5 Å². The van der Waals surface area contributed by atoms with Gasteiger partial charge in [-0.3, -0.25) is 0 Å². The molecule has 6 nitrogen and oxygen atoms in total. The second kappa shape index (κ2) is 5.46. The molecule has 0 saturated carbocycles. The van der Waals surface area contributed by atoms with Crippen molar-refractivity contribution >= 4 is 29.1 Å². The van der Waals surface area contributed by atoms with Crippen LogP contribution in [0, 0.1) is 0 Å². The third-order valence-corrected chi connectivity index (χ3v) is 3.34. The van der Waals surface area contributed by atoms with Crippen molar-refractivity contribution in [2.45, 2.75) is 5.16 Å². The maximum atomic E-state index is 5.36. The number of hydrogen-bond donors (Lipinski definition) is 2. The quantitative estimate of drug-likeness (QED) is 0.662. The fourth-order valence-electron chi connectivity index (χ4n) is 1.83. The van der Waals surface area contributed by atoms with E-state index in [9.17, 15) is 0 Å². The van der Waals surface area contributed by atoms with Crippen LogP contribution in [0.1, 0.15) is 0 Å². The summed E-state index contributed by atoms with van der Waals surface area (Å²) in [5.74, 6) is 3.00. The number of aromatic nitrogens is 2. The number of fused-ring (bicyclic) bond motifs is 1. The Hall–Kier alpha value is -2.15. The van der Waals surface area contributed by atoms with Gasteiger partial charge in [-0.15, -0.1) is 0 Å². The minimum atomic E-state index is 0.271. The van der Waals surface area contributed by atoms with Gasteiger partial charge in [-0.05, 0) is 18.4 Å². The van der Waals surface area contributed by atoms with Crippen molar-refractivity contribution in [2.24, 2.45) is 0 Å². The lowest BCUT2D eigenvalue weighted by molar-refractivity contribution is 0.174. The highest BCUT2D eigenvalue weighted by Gasteiger charge is 2.13. The van der Waals surface area contributed by atoms with Crippen molar-refractivity contribution < 1.29 is 9.47 Å². The molecule has 0 spiro atoms. The summed E-state index contributed by atoms with van der Waals surface area (Å²) in [7, 11) is 1.83. The van der Waals surface area contributed by atoms with Crippen LogP contribution >= 0.6 is 11.8 Å². The molecule has 2 N–H and O–H groups in total. The molecular weight excluding hydrogens is 276 g/mol. The number of rotatable bonds is 4. The second-order valence-corrected chi connectivity index (χ2v) is 4.84. The average Bonchev–Trinajstić information content (AvgIpc) is 2.94. The SMILES string of the molecule is CNc1cc(Nc2ccc3c(c2)OCO3)nc(SC)n1. The van der Waals surface area contributed by atoms with Gasteiger partial charge in [-0.1, -0.05) is 11.8 Å². The van der Waals surface area contributed by atoms with Crippen LogP contribution < -0.4 is 20.1 Å². The van der Waals surface area contributed by atoms with Crippen molar-refractivity contribution in [1.82, 2.24) is 9.97 Å². The van der Waals surface area contributed by atoms with E-state index in [0.717, 1.165) is 28.8 Å². The molecule has 1 aliphatic heterocycles. The molecule has 1 aliphatic rings. The van der Waals surface area contributed by atoms with Gasteiger partial charge in [-0.2, -0.15) is 0 Å². The molecule has 0 unspecified atom stereocenters. The summed E-state index contributed by atoms with van der Waals surface area (Å²) >= 11 is 1.50. The van der Waals surface area contributed by atoms with E-state index >= 15 is 0 Å². The van der Waals surface area contributed by atoms with Crippen LogP contribution in [0.3, 0.4) is 0 Å². The molecule has 0 fully saturated rings. The first-order chi connectivity index (χ1) is 9.78. The molecule has 2 heterocycles. The number of thioether (sulfide) groups is 1. The van der Waals surface area contributed by atoms with Crippen LogP contribution in [-0.4, -0.2) is 30.1 Å². The first-order valence-corrected chi connectivity index (χ1v) is 7.28. The Morgan fingerprint density at radius 1 is 1.10 bits per heavy atom. The van der Waals surface area contributed by atoms with Crippen LogP contribution in [0.2, 0.25) is 0 Å². The van der Waals surface area contributed by atoms with Crippen molar-refractivity contribution in [3.63, 3.8) is 0 Å². The molecular formula is C13H14N4O2S. The number of anilines is 3. The largest absolute Gasteiger partial charge is 0.454 e. The van der Waals surface area contributed by atoms with Gasteiger partial charge in [0.15, 0.2) is 16.7 Å². The third kappa shape index (κ3) is 2.57. The normalized spacial score (nSPS) is 12.3. The maximum absolute atomic E-state index is 5.36. The molecule has 7 heteroatoms. The molecule has 0 amide bonds. The number of nitrogens with one attached hydrogen (secondary N) is 2. The first kappa shape index (κ1) is 12.9. The first-order valence-electron chi connectivity index (χ1n) is 6.06. The number of nitrogens with zero attached hydrogens (tertiary/aromatic N) is 2. The summed E-state index contributed by atoms with van der Waals surface area (Å²) in [6, 6.07) is 7.54. The average molecular weight is 290 g/mol. The Kier molecular flexibility index (Phi) is 3.51. The lowest BCUT2D eigenvalue weighted by Crippen LogP contribution is -2.00. The van der Waals surface area contributed by atoms with Crippen LogP contribution in [-0.2, 0) is 0 Å². The van der Waals surface area contributed by atoms with Gasteiger partial charge in [0.2, 0.25) is 6.79 Å². The Labute approximate surface area is 120 Å². The molecule has 3 rings (SSSR count). The van der Waals surface area contributed by atoms with Crippen LogP contribution in [0.4, 0.5) is 17.3 Å². The molecule has 1 aromatic carbocycles. The van der Waals surface area contributed by atoms with Gasteiger partial charge in [0, 0.05) is 24.9 Å². The minimum Gasteiger partial charge on any atom is -0.454 e. The van der Waals surface area contributed by atoms with Crippen molar-refractivity contribution in [2.75, 3.05) is 30.7 Å². The molecule has 1 aromatic heterocycles. The summed E-state index contributed by atoms with van der Waals surface area (Å²) < 4.78 is 10.6. The monoisotopic (exact) mass is 290 g/mol. The van der Waals surface area contributed by atoms with Gasteiger partial charge >= 0.3 is 0 Å². The number of ether oxygens (including phenoxy) is 2. The fourth-order valence-corrected chi connectivity index (χ4v) is 2.21. The molecule has 0 bridgehead atoms. The summed E-state index contributed by atoms with van der Waals surface area (Å²) in [5.41, 5.74) is 0.891. The number of benzene rings is 1. The van der Waals surface area contributed by atoms with E-state index in [4.69, 9.17) is 9.47 Å². The standard InChI is InChI=1S/C13H14N4O2S/c1-14-11-6-12(17-13(16-11)20-2)15-8-3-4-9-10(5-8)19-7-18-9/h3-6H,7H2,1-2H3,(H2,14,15,16,17). The summed E-state index contributed by atoms with van der Waals surface area (Å²) in [6.45, 7) is 0.271. The van der Waals surface area contributed by atoms with Gasteiger partial charge in [0.25, 0.3) is 0 Å². The van der Waals surface area contributed by atoms with Crippen molar-refractivity contribution in [3.05, 3.63) is 24.3 Å². The molecule has 0 atom stereocenters. The predicted molar refractivity (Wildman–Crippen MR) is 79.2 cm³/mol. The lowest BCUT2D eigenvalue weighted by atomic mass is 10.3. The van der Waals surface area contributed by atoms with E-state index in [-0.39, 0.29) is 6.79 Å². The van der Waals surface area contributed by atoms with Crippen LogP contribution in [0.15, 0.2) is 29.4 Å². The van der Waals surface area contributed by atoms with Gasteiger partial charge in [0.1, 0.15) is 11.6 Å². The fraction of sp³-hybridized carbons (Fsp3) is 0.231. The Bertz CT molecular complexity index is 614. The van der Waals surface area contributed by atoms with Crippen LogP contribution in [0.25, 0.3) is 0 Å². The highest BCUT2D eigenvalue weighted by atomic mass is 32.2. The van der Waals surface area contributed by atoms with E-state index in [0.29, 0.717) is 5.16 Å². The Balaban J connectivity index is 1.87. The smallest absolute Gasteiger partial charge is 0.231 e. The van der Waals surface area contributed by atoms with Crippen molar-refractivity contribution in [1.29, 1.82) is 0 Å². The van der Waals surface area contributed by atoms with Gasteiger partial charge < -0.3 is 20.1 Å². The minimum absolute atomic E-state index is 0.271. The van der Waals surface area contributed by atoms with E-state index in [2.05, 4.69) is 20.6 Å². The second-order valence-electron chi connectivity index (χ2n) is 4.07. The summed E-state index contributed by atoms with van der Waals surface area (Å²) in [4.78, 5) is 8.74. The zero-order valence-corrected chi connectivity index (χ0v) is 12.0. The third-order valence-electron chi connectivity index (χ3n) is 2.79.